The molecule has 3 rings (SSSR count). The number of hydrogen-bond donors (Lipinski definition) is 0. The lowest BCUT2D eigenvalue weighted by Gasteiger charge is -2.33. The molecule has 0 unspecified atom stereocenters. The number of aromatic nitrogens is 2. The Morgan fingerprint density at radius 3 is 2.59 bits per heavy atom. The van der Waals surface area contributed by atoms with E-state index in [2.05, 4.69) is 5.10 Å². The third-order valence-corrected chi connectivity index (χ3v) is 6.38. The zero-order valence-electron chi connectivity index (χ0n) is 12.9. The lowest BCUT2D eigenvalue weighted by molar-refractivity contribution is 0.0696. The van der Waals surface area contributed by atoms with E-state index < -0.39 is 10.0 Å². The maximum absolute atomic E-state index is 12.7. The van der Waals surface area contributed by atoms with E-state index in [4.69, 9.17) is 0 Å². The summed E-state index contributed by atoms with van der Waals surface area (Å²) in [5, 5.41) is 4.30. The number of piperazine rings is 1. The number of amides is 1. The van der Waals surface area contributed by atoms with Crippen molar-refractivity contribution in [2.45, 2.75) is 32.7 Å². The number of rotatable bonds is 3. The maximum atomic E-state index is 12.7. The molecule has 2 aliphatic rings. The van der Waals surface area contributed by atoms with Gasteiger partial charge in [0.05, 0.1) is 23.2 Å². The van der Waals surface area contributed by atoms with Crippen LogP contribution in [-0.2, 0) is 23.0 Å². The molecular weight excluding hydrogens is 304 g/mol. The molecule has 1 aromatic heterocycles. The minimum Gasteiger partial charge on any atom is -0.336 e. The third-order valence-electron chi connectivity index (χ3n) is 4.50. The molecule has 122 valence electrons. The monoisotopic (exact) mass is 326 g/mol. The predicted molar refractivity (Wildman–Crippen MR) is 82.1 cm³/mol. The molecule has 0 N–H and O–H groups in total. The van der Waals surface area contributed by atoms with Gasteiger partial charge in [0.25, 0.3) is 5.91 Å². The van der Waals surface area contributed by atoms with Gasteiger partial charge in [-0.05, 0) is 26.2 Å². The number of fused-ring (bicyclic) bond motifs is 1. The fraction of sp³-hybridized carbons (Fsp3) is 0.714. The highest BCUT2D eigenvalue weighted by atomic mass is 32.2. The maximum Gasteiger partial charge on any atom is 0.257 e. The van der Waals surface area contributed by atoms with Crippen LogP contribution < -0.4 is 0 Å². The van der Waals surface area contributed by atoms with Crippen molar-refractivity contribution >= 4 is 15.9 Å². The summed E-state index contributed by atoms with van der Waals surface area (Å²) >= 11 is 0. The van der Waals surface area contributed by atoms with Crippen LogP contribution in [0.25, 0.3) is 0 Å². The molecule has 0 aliphatic carbocycles. The standard InChI is InChI=1S/C14H22N4O3S/c1-2-22(20,21)17-9-7-16(8-10-17)14(19)12-11-15-18-6-4-3-5-13(12)18/h11H,2-10H2,1H3. The van der Waals surface area contributed by atoms with Crippen molar-refractivity contribution in [3.05, 3.63) is 17.5 Å². The fourth-order valence-corrected chi connectivity index (χ4v) is 4.21. The molecule has 8 heteroatoms. The van der Waals surface area contributed by atoms with Crippen LogP contribution in [0.15, 0.2) is 6.20 Å². The Bertz CT molecular complexity index is 660. The summed E-state index contributed by atoms with van der Waals surface area (Å²) in [4.78, 5) is 14.4. The quantitative estimate of drug-likeness (QED) is 0.802. The van der Waals surface area contributed by atoms with E-state index in [9.17, 15) is 13.2 Å². The van der Waals surface area contributed by atoms with Crippen LogP contribution in [0, 0.1) is 0 Å². The second-order valence-electron chi connectivity index (χ2n) is 5.78. The molecule has 1 aromatic rings. The Labute approximate surface area is 130 Å². The van der Waals surface area contributed by atoms with Crippen molar-refractivity contribution in [1.29, 1.82) is 0 Å². The first-order valence-electron chi connectivity index (χ1n) is 7.84. The Hall–Kier alpha value is -1.41. The largest absolute Gasteiger partial charge is 0.336 e. The van der Waals surface area contributed by atoms with E-state index in [-0.39, 0.29) is 11.7 Å². The molecular formula is C14H22N4O3S. The second-order valence-corrected chi connectivity index (χ2v) is 8.03. The summed E-state index contributed by atoms with van der Waals surface area (Å²) in [6, 6.07) is 0. The number of aryl methyl sites for hydroxylation is 1. The van der Waals surface area contributed by atoms with E-state index in [0.29, 0.717) is 31.7 Å². The van der Waals surface area contributed by atoms with Gasteiger partial charge >= 0.3 is 0 Å². The number of carbonyl (C=O) groups is 1. The first kappa shape index (κ1) is 15.5. The third kappa shape index (κ3) is 2.77. The van der Waals surface area contributed by atoms with E-state index in [1.807, 2.05) is 4.68 Å². The van der Waals surface area contributed by atoms with Crippen molar-refractivity contribution in [3.63, 3.8) is 0 Å². The van der Waals surface area contributed by atoms with Crippen molar-refractivity contribution in [2.75, 3.05) is 31.9 Å². The van der Waals surface area contributed by atoms with Gasteiger partial charge in [0.15, 0.2) is 0 Å². The van der Waals surface area contributed by atoms with Crippen molar-refractivity contribution in [3.8, 4) is 0 Å². The van der Waals surface area contributed by atoms with E-state index in [1.165, 1.54) is 4.31 Å². The van der Waals surface area contributed by atoms with Crippen LogP contribution in [0.2, 0.25) is 0 Å². The summed E-state index contributed by atoms with van der Waals surface area (Å²) < 4.78 is 27.1. The van der Waals surface area contributed by atoms with Crippen LogP contribution in [-0.4, -0.2) is 65.2 Å². The number of hydrogen-bond acceptors (Lipinski definition) is 4. The van der Waals surface area contributed by atoms with Crippen LogP contribution in [0.1, 0.15) is 35.8 Å². The Balaban J connectivity index is 1.69. The van der Waals surface area contributed by atoms with Gasteiger partial charge in [-0.3, -0.25) is 9.48 Å². The van der Waals surface area contributed by atoms with E-state index in [0.717, 1.165) is 31.5 Å². The van der Waals surface area contributed by atoms with Gasteiger partial charge in [-0.15, -0.1) is 0 Å². The number of sulfonamides is 1. The molecule has 0 aromatic carbocycles. The van der Waals surface area contributed by atoms with Gasteiger partial charge in [0, 0.05) is 32.7 Å². The molecule has 1 amide bonds. The second kappa shape index (κ2) is 6.00. The van der Waals surface area contributed by atoms with Crippen LogP contribution in [0.4, 0.5) is 0 Å². The predicted octanol–water partition coefficient (Wildman–Crippen LogP) is 0.327. The Morgan fingerprint density at radius 1 is 1.18 bits per heavy atom. The summed E-state index contributed by atoms with van der Waals surface area (Å²) in [6.07, 6.45) is 4.76. The van der Waals surface area contributed by atoms with E-state index >= 15 is 0 Å². The fourth-order valence-electron chi connectivity index (χ4n) is 3.12. The molecule has 3 heterocycles. The topological polar surface area (TPSA) is 75.5 Å². The van der Waals surface area contributed by atoms with Gasteiger partial charge < -0.3 is 4.90 Å². The van der Waals surface area contributed by atoms with Gasteiger partial charge in [-0.1, -0.05) is 0 Å². The highest BCUT2D eigenvalue weighted by molar-refractivity contribution is 7.89. The van der Waals surface area contributed by atoms with Crippen LogP contribution >= 0.6 is 0 Å². The van der Waals surface area contributed by atoms with Gasteiger partial charge in [-0.2, -0.15) is 9.40 Å². The minimum atomic E-state index is -3.16. The number of carbonyl (C=O) groups excluding carboxylic acids is 1. The van der Waals surface area contributed by atoms with Gasteiger partial charge in [0.1, 0.15) is 0 Å². The lowest BCUT2D eigenvalue weighted by Crippen LogP contribution is -2.51. The lowest BCUT2D eigenvalue weighted by atomic mass is 10.1. The molecule has 0 bridgehead atoms. The zero-order chi connectivity index (χ0) is 15.7. The SMILES string of the molecule is CCS(=O)(=O)N1CCN(C(=O)c2cnn3c2CCCC3)CC1. The van der Waals surface area contributed by atoms with Crippen LogP contribution in [0.3, 0.4) is 0 Å². The van der Waals surface area contributed by atoms with Crippen LogP contribution in [0.5, 0.6) is 0 Å². The Kier molecular flexibility index (Phi) is 4.22. The normalized spacial score (nSPS) is 20.0. The average Bonchev–Trinajstić information content (AvgIpc) is 2.98. The van der Waals surface area contributed by atoms with Gasteiger partial charge in [0.2, 0.25) is 10.0 Å². The molecule has 0 atom stereocenters. The molecule has 1 saturated heterocycles. The molecule has 2 aliphatic heterocycles. The first-order valence-corrected chi connectivity index (χ1v) is 9.45. The van der Waals surface area contributed by atoms with Crippen molar-refractivity contribution < 1.29 is 13.2 Å². The average molecular weight is 326 g/mol. The molecule has 0 radical (unpaired) electrons. The molecule has 0 spiro atoms. The van der Waals surface area contributed by atoms with Crippen molar-refractivity contribution in [1.82, 2.24) is 19.0 Å². The summed E-state index contributed by atoms with van der Waals surface area (Å²) in [6.45, 7) is 4.18. The molecule has 22 heavy (non-hydrogen) atoms. The van der Waals surface area contributed by atoms with Gasteiger partial charge in [-0.25, -0.2) is 8.42 Å². The first-order chi connectivity index (χ1) is 10.5. The summed E-state index contributed by atoms with van der Waals surface area (Å²) in [5.41, 5.74) is 1.71. The molecule has 1 fully saturated rings. The highest BCUT2D eigenvalue weighted by Gasteiger charge is 2.30. The smallest absolute Gasteiger partial charge is 0.257 e. The Morgan fingerprint density at radius 2 is 1.91 bits per heavy atom. The van der Waals surface area contributed by atoms with E-state index in [1.54, 1.807) is 18.0 Å². The highest BCUT2D eigenvalue weighted by Crippen LogP contribution is 2.20. The summed E-state index contributed by atoms with van der Waals surface area (Å²) in [7, 11) is -3.16. The zero-order valence-corrected chi connectivity index (χ0v) is 13.7. The molecule has 7 nitrogen and oxygen atoms in total. The minimum absolute atomic E-state index is 0.0169. The summed E-state index contributed by atoms with van der Waals surface area (Å²) in [5.74, 6) is 0.0920. The van der Waals surface area contributed by atoms with Crippen molar-refractivity contribution in [2.24, 2.45) is 0 Å². The molecule has 0 saturated carbocycles. The number of nitrogens with zero attached hydrogens (tertiary/aromatic N) is 4.